The van der Waals surface area contributed by atoms with Crippen LogP contribution in [0.3, 0.4) is 0 Å². The van der Waals surface area contributed by atoms with Gasteiger partial charge in [-0.3, -0.25) is 10.1 Å². The van der Waals surface area contributed by atoms with Gasteiger partial charge in [0.2, 0.25) is 0 Å². The van der Waals surface area contributed by atoms with Gasteiger partial charge in [0.1, 0.15) is 0 Å². The fourth-order valence-electron chi connectivity index (χ4n) is 1.90. The molecule has 0 amide bonds. The van der Waals surface area contributed by atoms with Crippen LogP contribution in [-0.2, 0) is 6.42 Å². The van der Waals surface area contributed by atoms with E-state index in [4.69, 9.17) is 11.6 Å². The normalized spacial score (nSPS) is 17.1. The summed E-state index contributed by atoms with van der Waals surface area (Å²) in [6, 6.07) is 4.72. The first-order chi connectivity index (χ1) is 7.56. The first-order valence-electron chi connectivity index (χ1n) is 5.18. The zero-order valence-electron chi connectivity index (χ0n) is 9.00. The lowest BCUT2D eigenvalue weighted by atomic mass is 10.0. The molecule has 0 saturated heterocycles. The van der Waals surface area contributed by atoms with E-state index in [9.17, 15) is 10.1 Å². The summed E-state index contributed by atoms with van der Waals surface area (Å²) in [7, 11) is 1.89. The molecule has 0 heterocycles. The average molecular weight is 241 g/mol. The highest BCUT2D eigenvalue weighted by Crippen LogP contribution is 2.40. The standard InChI is InChI=1S/C11H13ClN2O2/c1-13-11(4-5-11)7-8-6-9(12)2-3-10(8)14(15)16/h2-3,6,13H,4-5,7H2,1H3. The van der Waals surface area contributed by atoms with Gasteiger partial charge >= 0.3 is 0 Å². The number of nitrogens with one attached hydrogen (secondary N) is 1. The summed E-state index contributed by atoms with van der Waals surface area (Å²) in [4.78, 5) is 10.5. The molecule has 2 rings (SSSR count). The molecule has 0 unspecified atom stereocenters. The monoisotopic (exact) mass is 240 g/mol. The van der Waals surface area contributed by atoms with Crippen LogP contribution in [0.4, 0.5) is 5.69 Å². The molecule has 16 heavy (non-hydrogen) atoms. The van der Waals surface area contributed by atoms with Gasteiger partial charge in [-0.1, -0.05) is 11.6 Å². The summed E-state index contributed by atoms with van der Waals surface area (Å²) in [5, 5.41) is 14.6. The maximum absolute atomic E-state index is 10.9. The third kappa shape index (κ3) is 2.18. The van der Waals surface area contributed by atoms with Crippen molar-refractivity contribution in [3.63, 3.8) is 0 Å². The van der Waals surface area contributed by atoms with Crippen molar-refractivity contribution in [1.29, 1.82) is 0 Å². The lowest BCUT2D eigenvalue weighted by Crippen LogP contribution is -2.29. The van der Waals surface area contributed by atoms with E-state index in [0.29, 0.717) is 17.0 Å². The summed E-state index contributed by atoms with van der Waals surface area (Å²) >= 11 is 5.87. The number of hydrogen-bond acceptors (Lipinski definition) is 3. The number of nitrogens with zero attached hydrogens (tertiary/aromatic N) is 1. The molecule has 1 saturated carbocycles. The zero-order valence-corrected chi connectivity index (χ0v) is 9.75. The molecular formula is C11H13ClN2O2. The summed E-state index contributed by atoms with van der Waals surface area (Å²) in [6.45, 7) is 0. The topological polar surface area (TPSA) is 55.2 Å². The highest BCUT2D eigenvalue weighted by atomic mass is 35.5. The molecule has 1 aromatic carbocycles. The lowest BCUT2D eigenvalue weighted by molar-refractivity contribution is -0.385. The minimum Gasteiger partial charge on any atom is -0.314 e. The third-order valence-corrected chi connectivity index (χ3v) is 3.39. The summed E-state index contributed by atoms with van der Waals surface area (Å²) in [5.41, 5.74) is 0.922. The van der Waals surface area contributed by atoms with Gasteiger partial charge in [0.05, 0.1) is 4.92 Å². The largest absolute Gasteiger partial charge is 0.314 e. The molecule has 1 aromatic rings. The minimum absolute atomic E-state index is 0.0510. The molecule has 1 aliphatic rings. The lowest BCUT2D eigenvalue weighted by Gasteiger charge is -2.14. The second-order valence-corrected chi connectivity index (χ2v) is 4.67. The summed E-state index contributed by atoms with van der Waals surface area (Å²) in [6.07, 6.45) is 2.79. The summed E-state index contributed by atoms with van der Waals surface area (Å²) in [5.74, 6) is 0. The van der Waals surface area contributed by atoms with E-state index < -0.39 is 0 Å². The van der Waals surface area contributed by atoms with Crippen molar-refractivity contribution >= 4 is 17.3 Å². The molecule has 1 fully saturated rings. The Balaban J connectivity index is 2.31. The second-order valence-electron chi connectivity index (χ2n) is 4.24. The van der Waals surface area contributed by atoms with Crippen molar-refractivity contribution in [3.05, 3.63) is 38.9 Å². The number of halogens is 1. The predicted molar refractivity (Wildman–Crippen MR) is 62.8 cm³/mol. The van der Waals surface area contributed by atoms with E-state index in [2.05, 4.69) is 5.32 Å². The Bertz CT molecular complexity index is 430. The van der Waals surface area contributed by atoms with Gasteiger partial charge in [-0.25, -0.2) is 0 Å². The van der Waals surface area contributed by atoms with E-state index in [-0.39, 0.29) is 16.1 Å². The first-order valence-corrected chi connectivity index (χ1v) is 5.56. The number of rotatable bonds is 4. The fraction of sp³-hybridized carbons (Fsp3) is 0.455. The Labute approximate surface area is 98.8 Å². The number of benzene rings is 1. The Morgan fingerprint density at radius 1 is 1.56 bits per heavy atom. The van der Waals surface area contributed by atoms with Crippen molar-refractivity contribution in [2.45, 2.75) is 24.8 Å². The maximum Gasteiger partial charge on any atom is 0.272 e. The third-order valence-electron chi connectivity index (χ3n) is 3.15. The second kappa shape index (κ2) is 4.03. The van der Waals surface area contributed by atoms with Crippen LogP contribution in [0, 0.1) is 10.1 Å². The molecule has 0 aliphatic heterocycles. The van der Waals surface area contributed by atoms with Crippen LogP contribution in [0.1, 0.15) is 18.4 Å². The summed E-state index contributed by atoms with van der Waals surface area (Å²) < 4.78 is 0. The van der Waals surface area contributed by atoms with Crippen molar-refractivity contribution in [3.8, 4) is 0 Å². The van der Waals surface area contributed by atoms with Gasteiger partial charge < -0.3 is 5.32 Å². The minimum atomic E-state index is -0.350. The molecule has 86 valence electrons. The van der Waals surface area contributed by atoms with Gasteiger partial charge in [-0.05, 0) is 38.4 Å². The van der Waals surface area contributed by atoms with E-state index >= 15 is 0 Å². The molecule has 0 aromatic heterocycles. The average Bonchev–Trinajstić information content (AvgIpc) is 2.98. The number of likely N-dealkylation sites (N-methyl/N-ethyl adjacent to an activating group) is 1. The number of hydrogen-bond donors (Lipinski definition) is 1. The van der Waals surface area contributed by atoms with Crippen LogP contribution in [0.2, 0.25) is 5.02 Å². The molecular weight excluding hydrogens is 228 g/mol. The van der Waals surface area contributed by atoms with E-state index in [1.54, 1.807) is 12.1 Å². The Morgan fingerprint density at radius 3 is 2.75 bits per heavy atom. The smallest absolute Gasteiger partial charge is 0.272 e. The predicted octanol–water partition coefficient (Wildman–Crippen LogP) is 2.54. The van der Waals surface area contributed by atoms with Gasteiger partial charge in [-0.2, -0.15) is 0 Å². The first kappa shape index (κ1) is 11.4. The Morgan fingerprint density at radius 2 is 2.25 bits per heavy atom. The zero-order chi connectivity index (χ0) is 11.8. The van der Waals surface area contributed by atoms with Gasteiger partial charge in [0, 0.05) is 22.2 Å². The molecule has 5 heteroatoms. The Hall–Kier alpha value is -1.13. The van der Waals surface area contributed by atoms with Crippen molar-refractivity contribution in [1.82, 2.24) is 5.32 Å². The number of nitro groups is 1. The molecule has 0 radical (unpaired) electrons. The molecule has 1 N–H and O–H groups in total. The highest BCUT2D eigenvalue weighted by Gasteiger charge is 2.42. The molecule has 4 nitrogen and oxygen atoms in total. The van der Waals surface area contributed by atoms with Gasteiger partial charge in [-0.15, -0.1) is 0 Å². The van der Waals surface area contributed by atoms with Crippen molar-refractivity contribution in [2.24, 2.45) is 0 Å². The van der Waals surface area contributed by atoms with E-state index in [1.165, 1.54) is 6.07 Å². The van der Waals surface area contributed by atoms with E-state index in [1.807, 2.05) is 7.05 Å². The number of nitro benzene ring substituents is 1. The molecule has 0 atom stereocenters. The van der Waals surface area contributed by atoms with Gasteiger partial charge in [0.25, 0.3) is 5.69 Å². The van der Waals surface area contributed by atoms with Crippen molar-refractivity contribution in [2.75, 3.05) is 7.05 Å². The molecule has 0 bridgehead atoms. The van der Waals surface area contributed by atoms with Crippen LogP contribution in [0.5, 0.6) is 0 Å². The maximum atomic E-state index is 10.9. The van der Waals surface area contributed by atoms with Crippen LogP contribution in [0.25, 0.3) is 0 Å². The van der Waals surface area contributed by atoms with Gasteiger partial charge in [0.15, 0.2) is 0 Å². The van der Waals surface area contributed by atoms with Crippen LogP contribution in [0.15, 0.2) is 18.2 Å². The fourth-order valence-corrected chi connectivity index (χ4v) is 2.10. The Kier molecular flexibility index (Phi) is 2.86. The van der Waals surface area contributed by atoms with Crippen molar-refractivity contribution < 1.29 is 4.92 Å². The van der Waals surface area contributed by atoms with Crippen LogP contribution in [-0.4, -0.2) is 17.5 Å². The van der Waals surface area contributed by atoms with Crippen LogP contribution < -0.4 is 5.32 Å². The highest BCUT2D eigenvalue weighted by molar-refractivity contribution is 6.30. The molecule has 0 spiro atoms. The van der Waals surface area contributed by atoms with Crippen LogP contribution >= 0.6 is 11.6 Å². The SMILES string of the molecule is CNC1(Cc2cc(Cl)ccc2[N+](=O)[O-])CC1. The van der Waals surface area contributed by atoms with E-state index in [0.717, 1.165) is 12.8 Å². The molecule has 1 aliphatic carbocycles. The quantitative estimate of drug-likeness (QED) is 0.650.